The Kier molecular flexibility index (Phi) is 44.2. The molecule has 9 nitrogen and oxygen atoms in total. The fourth-order valence-corrected chi connectivity index (χ4v) is 8.42. The van der Waals surface area contributed by atoms with E-state index in [0.717, 1.165) is 77.0 Å². The van der Waals surface area contributed by atoms with E-state index < -0.39 is 49.5 Å². The molecule has 9 heteroatoms. The highest BCUT2D eigenvalue weighted by Crippen LogP contribution is 2.23. The van der Waals surface area contributed by atoms with Crippen LogP contribution in [0, 0.1) is 0 Å². The fraction of sp³-hybridized carbons (Fsp3) is 0.776. The largest absolute Gasteiger partial charge is 0.394 e. The Balaban J connectivity index is 1.95. The lowest BCUT2D eigenvalue weighted by Crippen LogP contribution is -2.60. The summed E-state index contributed by atoms with van der Waals surface area (Å²) >= 11 is 0. The number of nitrogens with one attached hydrogen (secondary N) is 1. The summed E-state index contributed by atoms with van der Waals surface area (Å²) in [7, 11) is 0. The van der Waals surface area contributed by atoms with Crippen molar-refractivity contribution in [1.82, 2.24) is 5.32 Å². The third-order valence-electron chi connectivity index (χ3n) is 12.8. The van der Waals surface area contributed by atoms with Crippen LogP contribution in [0.4, 0.5) is 0 Å². The zero-order valence-electron chi connectivity index (χ0n) is 42.9. The summed E-state index contributed by atoms with van der Waals surface area (Å²) in [6.45, 7) is 3.54. The van der Waals surface area contributed by atoms with Crippen LogP contribution in [-0.2, 0) is 14.3 Å². The number of aliphatic hydroxyl groups excluding tert-OH is 5. The summed E-state index contributed by atoms with van der Waals surface area (Å²) in [5.74, 6) is -0.183. The molecular formula is C58H103NO8. The molecule has 1 amide bonds. The van der Waals surface area contributed by atoms with Gasteiger partial charge in [-0.05, 0) is 64.2 Å². The SMILES string of the molecule is CC/C=C\C/C=C\C/C=C\C/C=C\C/C=C\CCCCCCCCCCCCCCCCCCCCCCCCCC(=O)NC(COC1OC(CO)C(O)C(O)C1O)C(O)/C=C/CCCCC. The van der Waals surface area contributed by atoms with Crippen LogP contribution in [0.15, 0.2) is 72.9 Å². The van der Waals surface area contributed by atoms with Crippen molar-refractivity contribution in [3.05, 3.63) is 72.9 Å². The van der Waals surface area contributed by atoms with Gasteiger partial charge in [0.25, 0.3) is 0 Å². The lowest BCUT2D eigenvalue weighted by atomic mass is 9.99. The van der Waals surface area contributed by atoms with E-state index in [1.165, 1.54) is 135 Å². The van der Waals surface area contributed by atoms with Gasteiger partial charge < -0.3 is 40.3 Å². The number of aliphatic hydroxyl groups is 5. The number of hydrogen-bond donors (Lipinski definition) is 6. The molecule has 0 radical (unpaired) electrons. The minimum atomic E-state index is -1.56. The topological polar surface area (TPSA) is 149 Å². The maximum atomic E-state index is 12.9. The van der Waals surface area contributed by atoms with E-state index in [4.69, 9.17) is 9.47 Å². The fourth-order valence-electron chi connectivity index (χ4n) is 8.42. The highest BCUT2D eigenvalue weighted by Gasteiger charge is 2.44. The second kappa shape index (κ2) is 47.3. The van der Waals surface area contributed by atoms with Crippen LogP contribution in [0.5, 0.6) is 0 Å². The van der Waals surface area contributed by atoms with Gasteiger partial charge in [0.2, 0.25) is 5.91 Å². The van der Waals surface area contributed by atoms with Gasteiger partial charge >= 0.3 is 0 Å². The highest BCUT2D eigenvalue weighted by atomic mass is 16.7. The van der Waals surface area contributed by atoms with E-state index in [2.05, 4.69) is 79.9 Å². The number of carbonyl (C=O) groups is 1. The van der Waals surface area contributed by atoms with Gasteiger partial charge in [-0.3, -0.25) is 4.79 Å². The molecule has 0 aliphatic carbocycles. The molecule has 0 aromatic heterocycles. The monoisotopic (exact) mass is 942 g/mol. The maximum Gasteiger partial charge on any atom is 0.220 e. The van der Waals surface area contributed by atoms with E-state index in [1.54, 1.807) is 6.08 Å². The van der Waals surface area contributed by atoms with Gasteiger partial charge in [0.05, 0.1) is 25.4 Å². The first-order valence-electron chi connectivity index (χ1n) is 27.7. The van der Waals surface area contributed by atoms with Gasteiger partial charge in [0.15, 0.2) is 6.29 Å². The van der Waals surface area contributed by atoms with E-state index in [1.807, 2.05) is 6.08 Å². The Morgan fingerprint density at radius 2 is 0.925 bits per heavy atom. The molecule has 67 heavy (non-hydrogen) atoms. The first-order chi connectivity index (χ1) is 32.8. The molecule has 6 N–H and O–H groups in total. The van der Waals surface area contributed by atoms with Crippen molar-refractivity contribution in [3.63, 3.8) is 0 Å². The molecular weight excluding hydrogens is 839 g/mol. The molecule has 7 atom stereocenters. The molecule has 0 saturated carbocycles. The molecule has 1 fully saturated rings. The zero-order valence-corrected chi connectivity index (χ0v) is 42.9. The number of amides is 1. The molecule has 1 saturated heterocycles. The number of hydrogen-bond acceptors (Lipinski definition) is 8. The van der Waals surface area contributed by atoms with Gasteiger partial charge in [-0.1, -0.05) is 234 Å². The Labute approximate surface area is 410 Å². The predicted molar refractivity (Wildman–Crippen MR) is 281 cm³/mol. The van der Waals surface area contributed by atoms with Crippen molar-refractivity contribution in [3.8, 4) is 0 Å². The minimum Gasteiger partial charge on any atom is -0.394 e. The molecule has 1 heterocycles. The van der Waals surface area contributed by atoms with Crippen LogP contribution in [0.25, 0.3) is 0 Å². The summed E-state index contributed by atoms with van der Waals surface area (Å²) in [5, 5.41) is 53.8. The molecule has 0 bridgehead atoms. The van der Waals surface area contributed by atoms with E-state index in [-0.39, 0.29) is 12.5 Å². The zero-order chi connectivity index (χ0) is 48.7. The van der Waals surface area contributed by atoms with Crippen molar-refractivity contribution in [2.45, 2.75) is 275 Å². The van der Waals surface area contributed by atoms with Gasteiger partial charge in [0.1, 0.15) is 24.4 Å². The van der Waals surface area contributed by atoms with Crippen molar-refractivity contribution in [1.29, 1.82) is 0 Å². The van der Waals surface area contributed by atoms with Gasteiger partial charge in [-0.2, -0.15) is 0 Å². The third-order valence-corrected chi connectivity index (χ3v) is 12.8. The molecule has 7 unspecified atom stereocenters. The normalized spacial score (nSPS) is 20.3. The number of unbranched alkanes of at least 4 members (excludes halogenated alkanes) is 26. The van der Waals surface area contributed by atoms with Gasteiger partial charge in [-0.15, -0.1) is 0 Å². The molecule has 0 aromatic carbocycles. The molecule has 1 rings (SSSR count). The summed E-state index contributed by atoms with van der Waals surface area (Å²) in [4.78, 5) is 12.9. The first-order valence-corrected chi connectivity index (χ1v) is 27.7. The Bertz CT molecular complexity index is 1280. The predicted octanol–water partition coefficient (Wildman–Crippen LogP) is 13.3. The van der Waals surface area contributed by atoms with Crippen LogP contribution in [0.2, 0.25) is 0 Å². The Morgan fingerprint density at radius 3 is 1.37 bits per heavy atom. The Morgan fingerprint density at radius 1 is 0.522 bits per heavy atom. The molecule has 0 aromatic rings. The minimum absolute atomic E-state index is 0.183. The summed E-state index contributed by atoms with van der Waals surface area (Å²) in [6, 6.07) is -0.800. The summed E-state index contributed by atoms with van der Waals surface area (Å²) in [5.41, 5.74) is 0. The van der Waals surface area contributed by atoms with Crippen LogP contribution in [0.3, 0.4) is 0 Å². The van der Waals surface area contributed by atoms with Crippen LogP contribution >= 0.6 is 0 Å². The number of ether oxygens (including phenoxy) is 2. The quantitative estimate of drug-likeness (QED) is 0.0261. The average Bonchev–Trinajstić information content (AvgIpc) is 3.33. The van der Waals surface area contributed by atoms with Gasteiger partial charge in [0, 0.05) is 6.42 Å². The summed E-state index contributed by atoms with van der Waals surface area (Å²) < 4.78 is 11.1. The third kappa shape index (κ3) is 37.2. The Hall–Kier alpha value is -2.37. The van der Waals surface area contributed by atoms with Crippen molar-refractivity contribution in [2.24, 2.45) is 0 Å². The van der Waals surface area contributed by atoms with E-state index in [0.29, 0.717) is 6.42 Å². The lowest BCUT2D eigenvalue weighted by Gasteiger charge is -2.40. The second-order valence-electron chi connectivity index (χ2n) is 19.0. The standard InChI is InChI=1S/C58H103NO8/c1-3-5-7-9-10-11-12-13-14-15-16-17-18-19-20-21-22-23-24-25-26-27-28-29-30-31-32-33-34-35-36-37-38-39-40-41-42-44-46-48-54(62)59-51(52(61)47-45-43-8-6-4-2)50-66-58-57(65)56(64)55(63)53(49-60)67-58/h5,7,10-11,13-14,16-17,19-20,45,47,51-53,55-58,60-61,63-65H,3-4,6,8-9,12,15,18,21-44,46,48-50H2,1-2H3,(H,59,62)/b7-5-,11-10-,14-13-,17-16-,20-19-,47-45+. The van der Waals surface area contributed by atoms with Crippen LogP contribution in [0.1, 0.15) is 232 Å². The second-order valence-corrected chi connectivity index (χ2v) is 19.0. The lowest BCUT2D eigenvalue weighted by molar-refractivity contribution is -0.302. The highest BCUT2D eigenvalue weighted by molar-refractivity contribution is 5.76. The number of carbonyl (C=O) groups excluding carboxylic acids is 1. The molecule has 0 spiro atoms. The smallest absolute Gasteiger partial charge is 0.220 e. The number of rotatable bonds is 46. The van der Waals surface area contributed by atoms with E-state index in [9.17, 15) is 30.3 Å². The molecule has 1 aliphatic heterocycles. The van der Waals surface area contributed by atoms with Gasteiger partial charge in [-0.25, -0.2) is 0 Å². The average molecular weight is 942 g/mol. The van der Waals surface area contributed by atoms with Crippen LogP contribution in [-0.4, -0.2) is 87.5 Å². The van der Waals surface area contributed by atoms with Crippen molar-refractivity contribution in [2.75, 3.05) is 13.2 Å². The van der Waals surface area contributed by atoms with Crippen molar-refractivity contribution < 1.29 is 39.8 Å². The molecule has 1 aliphatic rings. The van der Waals surface area contributed by atoms with E-state index >= 15 is 0 Å². The van der Waals surface area contributed by atoms with Crippen molar-refractivity contribution >= 4 is 5.91 Å². The van der Waals surface area contributed by atoms with Crippen LogP contribution < -0.4 is 5.32 Å². The maximum absolute atomic E-state index is 12.9. The molecule has 388 valence electrons. The first kappa shape index (κ1) is 62.6. The summed E-state index contributed by atoms with van der Waals surface area (Å²) in [6.07, 6.45) is 59.1. The number of allylic oxidation sites excluding steroid dienone is 11.